The number of amides is 1. The van der Waals surface area contributed by atoms with Crippen molar-refractivity contribution in [1.29, 1.82) is 0 Å². The monoisotopic (exact) mass is 264 g/mol. The predicted molar refractivity (Wildman–Crippen MR) is 73.1 cm³/mol. The van der Waals surface area contributed by atoms with Crippen molar-refractivity contribution in [2.45, 2.75) is 19.4 Å². The van der Waals surface area contributed by atoms with Crippen LogP contribution in [0.5, 0.6) is 5.75 Å². The van der Waals surface area contributed by atoms with E-state index in [1.165, 1.54) is 7.11 Å². The Kier molecular flexibility index (Phi) is 3.95. The molecule has 1 amide bonds. The highest BCUT2D eigenvalue weighted by atomic mass is 16.5. The number of β-amino-alcohol motifs (C(OH)–C–C–N with tert-alkyl or cyclic N) is 1. The van der Waals surface area contributed by atoms with E-state index in [4.69, 9.17) is 10.5 Å². The Morgan fingerprint density at radius 1 is 1.53 bits per heavy atom. The van der Waals surface area contributed by atoms with Crippen LogP contribution in [-0.2, 0) is 0 Å². The number of benzene rings is 1. The summed E-state index contributed by atoms with van der Waals surface area (Å²) in [5, 5.41) is 9.88. The molecule has 3 N–H and O–H groups in total. The number of carbonyl (C=O) groups is 1. The number of hydrogen-bond donors (Lipinski definition) is 2. The summed E-state index contributed by atoms with van der Waals surface area (Å²) < 4.78 is 5.20. The molecule has 1 aromatic rings. The fourth-order valence-electron chi connectivity index (χ4n) is 2.35. The minimum atomic E-state index is -0.468. The minimum absolute atomic E-state index is 0.143. The molecule has 0 radical (unpaired) electrons. The lowest BCUT2D eigenvalue weighted by atomic mass is 9.95. The Morgan fingerprint density at radius 2 is 2.26 bits per heavy atom. The van der Waals surface area contributed by atoms with Crippen molar-refractivity contribution < 1.29 is 14.6 Å². The Bertz CT molecular complexity index is 476. The Morgan fingerprint density at radius 3 is 2.89 bits per heavy atom. The number of anilines is 1. The summed E-state index contributed by atoms with van der Waals surface area (Å²) >= 11 is 0. The molecular formula is C14H20N2O3. The molecule has 0 aromatic heterocycles. The van der Waals surface area contributed by atoms with E-state index < -0.39 is 6.10 Å². The number of hydrogen-bond acceptors (Lipinski definition) is 4. The van der Waals surface area contributed by atoms with Gasteiger partial charge in [0, 0.05) is 13.1 Å². The van der Waals surface area contributed by atoms with Gasteiger partial charge in [-0.3, -0.25) is 4.79 Å². The molecule has 0 aliphatic carbocycles. The van der Waals surface area contributed by atoms with Gasteiger partial charge in [-0.25, -0.2) is 0 Å². The van der Waals surface area contributed by atoms with E-state index in [2.05, 4.69) is 0 Å². The molecular weight excluding hydrogens is 244 g/mol. The van der Waals surface area contributed by atoms with Crippen molar-refractivity contribution in [3.8, 4) is 5.75 Å². The number of nitrogens with zero attached hydrogens (tertiary/aromatic N) is 1. The molecule has 0 saturated carbocycles. The molecule has 1 aliphatic heterocycles. The van der Waals surface area contributed by atoms with Gasteiger partial charge < -0.3 is 20.5 Å². The van der Waals surface area contributed by atoms with E-state index in [1.807, 2.05) is 6.92 Å². The fraction of sp³-hybridized carbons (Fsp3) is 0.500. The number of nitrogens with two attached hydrogens (primary N) is 1. The molecule has 1 aliphatic rings. The van der Waals surface area contributed by atoms with Gasteiger partial charge in [-0.05, 0) is 24.5 Å². The van der Waals surface area contributed by atoms with E-state index in [0.29, 0.717) is 30.1 Å². The first-order valence-corrected chi connectivity index (χ1v) is 6.44. The van der Waals surface area contributed by atoms with Crippen molar-refractivity contribution in [2.24, 2.45) is 5.92 Å². The second-order valence-electron chi connectivity index (χ2n) is 5.01. The largest absolute Gasteiger partial charge is 0.494 e. The molecule has 5 heteroatoms. The molecule has 2 rings (SSSR count). The SMILES string of the molecule is COc1c(N)cccc1C(=O)N1CCC(C)C(O)C1. The van der Waals surface area contributed by atoms with E-state index in [1.54, 1.807) is 23.1 Å². The number of para-hydroxylation sites is 1. The van der Waals surface area contributed by atoms with Gasteiger partial charge in [-0.1, -0.05) is 13.0 Å². The minimum Gasteiger partial charge on any atom is -0.494 e. The lowest BCUT2D eigenvalue weighted by molar-refractivity contribution is 0.0247. The van der Waals surface area contributed by atoms with Gasteiger partial charge in [0.05, 0.1) is 24.5 Å². The zero-order chi connectivity index (χ0) is 14.0. The molecule has 5 nitrogen and oxygen atoms in total. The zero-order valence-corrected chi connectivity index (χ0v) is 11.3. The quantitative estimate of drug-likeness (QED) is 0.785. The number of aliphatic hydroxyl groups excluding tert-OH is 1. The Labute approximate surface area is 113 Å². The average Bonchev–Trinajstić information content (AvgIpc) is 2.40. The lowest BCUT2D eigenvalue weighted by Gasteiger charge is -2.34. The average molecular weight is 264 g/mol. The summed E-state index contributed by atoms with van der Waals surface area (Å²) in [4.78, 5) is 14.1. The van der Waals surface area contributed by atoms with Crippen LogP contribution in [0.1, 0.15) is 23.7 Å². The first-order chi connectivity index (χ1) is 9.04. The molecule has 104 valence electrons. The predicted octanol–water partition coefficient (Wildman–Crippen LogP) is 1.12. The standard InChI is InChI=1S/C14H20N2O3/c1-9-6-7-16(8-12(9)17)14(18)10-4-3-5-11(15)13(10)19-2/h3-5,9,12,17H,6-8,15H2,1-2H3. The van der Waals surface area contributed by atoms with Crippen LogP contribution in [0.3, 0.4) is 0 Å². The highest BCUT2D eigenvalue weighted by molar-refractivity contribution is 5.98. The summed E-state index contributed by atoms with van der Waals surface area (Å²) in [6, 6.07) is 5.12. The number of piperidine rings is 1. The molecule has 2 atom stereocenters. The number of rotatable bonds is 2. The van der Waals surface area contributed by atoms with Crippen LogP contribution in [-0.4, -0.2) is 42.2 Å². The summed E-state index contributed by atoms with van der Waals surface area (Å²) in [7, 11) is 1.50. The topological polar surface area (TPSA) is 75.8 Å². The molecule has 0 spiro atoms. The molecule has 1 fully saturated rings. The highest BCUT2D eigenvalue weighted by Gasteiger charge is 2.29. The van der Waals surface area contributed by atoms with Gasteiger partial charge in [-0.15, -0.1) is 0 Å². The number of likely N-dealkylation sites (tertiary alicyclic amines) is 1. The van der Waals surface area contributed by atoms with Gasteiger partial charge in [0.15, 0.2) is 5.75 Å². The number of ether oxygens (including phenoxy) is 1. The molecule has 1 saturated heterocycles. The summed E-state index contributed by atoms with van der Waals surface area (Å²) in [5.41, 5.74) is 6.70. The third kappa shape index (κ3) is 2.66. The second-order valence-corrected chi connectivity index (χ2v) is 5.01. The number of methoxy groups -OCH3 is 1. The Balaban J connectivity index is 2.23. The Hall–Kier alpha value is -1.75. The van der Waals surface area contributed by atoms with Gasteiger partial charge in [0.25, 0.3) is 5.91 Å². The maximum atomic E-state index is 12.5. The smallest absolute Gasteiger partial charge is 0.257 e. The van der Waals surface area contributed by atoms with E-state index in [-0.39, 0.29) is 11.8 Å². The van der Waals surface area contributed by atoms with Crippen LogP contribution in [0.2, 0.25) is 0 Å². The van der Waals surface area contributed by atoms with E-state index in [0.717, 1.165) is 6.42 Å². The summed E-state index contributed by atoms with van der Waals surface area (Å²) in [5.74, 6) is 0.488. The normalized spacial score (nSPS) is 23.2. The molecule has 0 bridgehead atoms. The third-order valence-corrected chi connectivity index (χ3v) is 3.69. The van der Waals surface area contributed by atoms with Crippen LogP contribution < -0.4 is 10.5 Å². The van der Waals surface area contributed by atoms with Crippen molar-refractivity contribution in [1.82, 2.24) is 4.90 Å². The maximum Gasteiger partial charge on any atom is 0.257 e. The number of carbonyl (C=O) groups excluding carboxylic acids is 1. The lowest BCUT2D eigenvalue weighted by Crippen LogP contribution is -2.45. The molecule has 19 heavy (non-hydrogen) atoms. The van der Waals surface area contributed by atoms with Gasteiger partial charge in [0.2, 0.25) is 0 Å². The summed E-state index contributed by atoms with van der Waals surface area (Å²) in [6.07, 6.45) is 0.335. The number of nitrogen functional groups attached to an aromatic ring is 1. The first-order valence-electron chi connectivity index (χ1n) is 6.44. The molecule has 2 unspecified atom stereocenters. The maximum absolute atomic E-state index is 12.5. The van der Waals surface area contributed by atoms with E-state index in [9.17, 15) is 9.90 Å². The zero-order valence-electron chi connectivity index (χ0n) is 11.3. The van der Waals surface area contributed by atoms with Crippen LogP contribution >= 0.6 is 0 Å². The van der Waals surface area contributed by atoms with Gasteiger partial charge in [0.1, 0.15) is 0 Å². The highest BCUT2D eigenvalue weighted by Crippen LogP contribution is 2.28. The van der Waals surface area contributed by atoms with Gasteiger partial charge >= 0.3 is 0 Å². The van der Waals surface area contributed by atoms with Crippen LogP contribution in [0.4, 0.5) is 5.69 Å². The van der Waals surface area contributed by atoms with Crippen LogP contribution in [0.15, 0.2) is 18.2 Å². The summed E-state index contributed by atoms with van der Waals surface area (Å²) in [6.45, 7) is 3.00. The van der Waals surface area contributed by atoms with Crippen molar-refractivity contribution in [3.63, 3.8) is 0 Å². The van der Waals surface area contributed by atoms with E-state index >= 15 is 0 Å². The molecule has 1 aromatic carbocycles. The third-order valence-electron chi connectivity index (χ3n) is 3.69. The van der Waals surface area contributed by atoms with Crippen LogP contribution in [0, 0.1) is 5.92 Å². The fourth-order valence-corrected chi connectivity index (χ4v) is 2.35. The van der Waals surface area contributed by atoms with Crippen molar-refractivity contribution in [3.05, 3.63) is 23.8 Å². The van der Waals surface area contributed by atoms with Crippen LogP contribution in [0.25, 0.3) is 0 Å². The van der Waals surface area contributed by atoms with Crippen molar-refractivity contribution in [2.75, 3.05) is 25.9 Å². The molecule has 1 heterocycles. The van der Waals surface area contributed by atoms with Gasteiger partial charge in [-0.2, -0.15) is 0 Å². The number of aliphatic hydroxyl groups is 1. The first kappa shape index (κ1) is 13.7. The van der Waals surface area contributed by atoms with Crippen molar-refractivity contribution >= 4 is 11.6 Å². The second kappa shape index (κ2) is 5.48.